The maximum absolute atomic E-state index is 12.1. The monoisotopic (exact) mass is 394 g/mol. The Hall–Kier alpha value is -3.41. The van der Waals surface area contributed by atoms with E-state index in [1.165, 1.54) is 9.95 Å². The molecule has 2 heterocycles. The Morgan fingerprint density at radius 1 is 0.897 bits per heavy atom. The molecule has 2 aromatic heterocycles. The first-order valence-corrected chi connectivity index (χ1v) is 9.31. The number of aromatic amines is 1. The molecule has 0 radical (unpaired) electrons. The summed E-state index contributed by atoms with van der Waals surface area (Å²) < 4.78 is 17.3. The predicted molar refractivity (Wildman–Crippen MR) is 115 cm³/mol. The Bertz CT molecular complexity index is 1120. The fourth-order valence-electron chi connectivity index (χ4n) is 3.02. The lowest BCUT2D eigenvalue weighted by Gasteiger charge is -2.20. The van der Waals surface area contributed by atoms with Crippen molar-refractivity contribution in [1.29, 1.82) is 0 Å². The van der Waals surface area contributed by atoms with Crippen molar-refractivity contribution in [2.75, 3.05) is 14.2 Å². The summed E-state index contributed by atoms with van der Waals surface area (Å²) in [5, 5.41) is 2.13. The zero-order chi connectivity index (χ0) is 21.0. The van der Waals surface area contributed by atoms with Crippen LogP contribution in [0.4, 0.5) is 4.79 Å². The molecule has 0 bridgehead atoms. The third kappa shape index (κ3) is 4.54. The highest BCUT2D eigenvalue weighted by Gasteiger charge is 2.20. The molecule has 0 saturated heterocycles. The molecule has 152 valence electrons. The van der Waals surface area contributed by atoms with Crippen molar-refractivity contribution in [3.05, 3.63) is 60.9 Å². The van der Waals surface area contributed by atoms with Crippen molar-refractivity contribution in [3.8, 4) is 11.5 Å². The Kier molecular flexibility index (Phi) is 5.82. The number of fused-ring (bicyclic) bond motifs is 2. The second-order valence-corrected chi connectivity index (χ2v) is 7.47. The molecule has 2 aromatic carbocycles. The number of H-pyrrole nitrogens is 1. The summed E-state index contributed by atoms with van der Waals surface area (Å²) in [5.41, 5.74) is 1.28. The number of nitrogens with zero attached hydrogens (tertiary/aromatic N) is 1. The van der Waals surface area contributed by atoms with Crippen LogP contribution in [0, 0.1) is 0 Å². The number of carbonyl (C=O) groups is 1. The second kappa shape index (κ2) is 8.31. The third-order valence-corrected chi connectivity index (χ3v) is 4.25. The maximum atomic E-state index is 12.1. The van der Waals surface area contributed by atoms with Crippen molar-refractivity contribution in [2.45, 2.75) is 26.4 Å². The van der Waals surface area contributed by atoms with Gasteiger partial charge in [-0.15, -0.1) is 0 Å². The number of hydrogen-bond donors (Lipinski definition) is 1. The fraction of sp³-hybridized carbons (Fsp3) is 0.261. The van der Waals surface area contributed by atoms with Gasteiger partial charge in [0.1, 0.15) is 22.6 Å². The number of hydrogen-bond acceptors (Lipinski definition) is 4. The molecule has 0 saturated carbocycles. The number of benzene rings is 2. The minimum Gasteiger partial charge on any atom is -0.495 e. The minimum atomic E-state index is -0.518. The number of methoxy groups -OCH3 is 2. The third-order valence-electron chi connectivity index (χ3n) is 4.25. The average Bonchev–Trinajstić information content (AvgIpc) is 3.33. The highest BCUT2D eigenvalue weighted by molar-refractivity contribution is 5.93. The molecule has 0 amide bonds. The van der Waals surface area contributed by atoms with Gasteiger partial charge in [0, 0.05) is 23.2 Å². The molecule has 0 unspecified atom stereocenters. The Morgan fingerprint density at radius 2 is 1.55 bits per heavy atom. The lowest BCUT2D eigenvalue weighted by Crippen LogP contribution is -2.26. The van der Waals surface area contributed by atoms with E-state index < -0.39 is 11.7 Å². The van der Waals surface area contributed by atoms with Crippen LogP contribution in [-0.4, -0.2) is 35.5 Å². The first kappa shape index (κ1) is 20.3. The zero-order valence-electron chi connectivity index (χ0n) is 17.4. The van der Waals surface area contributed by atoms with Crippen LogP contribution in [0.3, 0.4) is 0 Å². The summed E-state index contributed by atoms with van der Waals surface area (Å²) in [4.78, 5) is 15.2. The highest BCUT2D eigenvalue weighted by Crippen LogP contribution is 2.27. The van der Waals surface area contributed by atoms with Gasteiger partial charge in [-0.05, 0) is 45.0 Å². The van der Waals surface area contributed by atoms with Crippen LogP contribution in [0.25, 0.3) is 21.8 Å². The van der Waals surface area contributed by atoms with Gasteiger partial charge in [0.15, 0.2) is 0 Å². The summed E-state index contributed by atoms with van der Waals surface area (Å²) in [6, 6.07) is 15.5. The van der Waals surface area contributed by atoms with E-state index in [0.717, 1.165) is 22.2 Å². The van der Waals surface area contributed by atoms with Gasteiger partial charge < -0.3 is 19.2 Å². The number of carbonyl (C=O) groups excluding carboxylic acids is 1. The molecular formula is C23H26N2O4. The molecule has 6 nitrogen and oxygen atoms in total. The lowest BCUT2D eigenvalue weighted by atomic mass is 10.2. The van der Waals surface area contributed by atoms with Gasteiger partial charge in [-0.2, -0.15) is 0 Å². The van der Waals surface area contributed by atoms with E-state index in [4.69, 9.17) is 14.2 Å². The van der Waals surface area contributed by atoms with E-state index in [9.17, 15) is 4.79 Å². The molecule has 0 aliphatic rings. The highest BCUT2D eigenvalue weighted by atomic mass is 16.6. The molecule has 0 aliphatic carbocycles. The Balaban J connectivity index is 0.000000186. The SMILES string of the molecule is COc1cccc2cc[nH]c12.COc1cccc2ccn(C(=O)OC(C)(C)C)c12. The molecule has 6 heteroatoms. The van der Waals surface area contributed by atoms with E-state index in [0.29, 0.717) is 5.75 Å². The van der Waals surface area contributed by atoms with Crippen LogP contribution in [0.2, 0.25) is 0 Å². The van der Waals surface area contributed by atoms with Crippen LogP contribution >= 0.6 is 0 Å². The van der Waals surface area contributed by atoms with Gasteiger partial charge in [-0.1, -0.05) is 24.3 Å². The smallest absolute Gasteiger partial charge is 0.419 e. The van der Waals surface area contributed by atoms with Crippen molar-refractivity contribution in [2.24, 2.45) is 0 Å². The van der Waals surface area contributed by atoms with Crippen LogP contribution in [-0.2, 0) is 4.74 Å². The topological polar surface area (TPSA) is 65.5 Å². The fourth-order valence-corrected chi connectivity index (χ4v) is 3.02. The normalized spacial score (nSPS) is 11.1. The van der Waals surface area contributed by atoms with E-state index >= 15 is 0 Å². The van der Waals surface area contributed by atoms with Crippen LogP contribution in [0.15, 0.2) is 60.9 Å². The molecule has 4 aromatic rings. The Labute approximate surface area is 170 Å². The van der Waals surface area contributed by atoms with Crippen LogP contribution < -0.4 is 9.47 Å². The summed E-state index contributed by atoms with van der Waals surface area (Å²) in [7, 11) is 3.26. The summed E-state index contributed by atoms with van der Waals surface area (Å²) in [5.74, 6) is 1.55. The van der Waals surface area contributed by atoms with Gasteiger partial charge in [-0.25, -0.2) is 9.36 Å². The Morgan fingerprint density at radius 3 is 2.21 bits per heavy atom. The number of nitrogens with one attached hydrogen (secondary N) is 1. The van der Waals surface area contributed by atoms with Gasteiger partial charge in [0.2, 0.25) is 0 Å². The quantitative estimate of drug-likeness (QED) is 0.480. The molecule has 0 aliphatic heterocycles. The number of rotatable bonds is 2. The second-order valence-electron chi connectivity index (χ2n) is 7.47. The predicted octanol–water partition coefficient (Wildman–Crippen LogP) is 5.61. The average molecular weight is 394 g/mol. The van der Waals surface area contributed by atoms with Crippen molar-refractivity contribution in [3.63, 3.8) is 0 Å². The first-order chi connectivity index (χ1) is 13.8. The number of para-hydroxylation sites is 2. The van der Waals surface area contributed by atoms with E-state index in [1.807, 2.05) is 75.5 Å². The first-order valence-electron chi connectivity index (χ1n) is 9.31. The van der Waals surface area contributed by atoms with E-state index in [2.05, 4.69) is 4.98 Å². The largest absolute Gasteiger partial charge is 0.495 e. The zero-order valence-corrected chi connectivity index (χ0v) is 17.4. The molecule has 1 N–H and O–H groups in total. The van der Waals surface area contributed by atoms with E-state index in [-0.39, 0.29) is 0 Å². The molecule has 0 spiro atoms. The van der Waals surface area contributed by atoms with Gasteiger partial charge in [-0.3, -0.25) is 0 Å². The molecule has 29 heavy (non-hydrogen) atoms. The molecular weight excluding hydrogens is 368 g/mol. The molecule has 0 atom stereocenters. The summed E-state index contributed by atoms with van der Waals surface area (Å²) in [6.07, 6.45) is 3.20. The van der Waals surface area contributed by atoms with Crippen molar-refractivity contribution in [1.82, 2.24) is 9.55 Å². The van der Waals surface area contributed by atoms with Gasteiger partial charge in [0.25, 0.3) is 0 Å². The molecule has 4 rings (SSSR count). The lowest BCUT2D eigenvalue weighted by molar-refractivity contribution is 0.0544. The van der Waals surface area contributed by atoms with Crippen molar-refractivity contribution < 1.29 is 19.0 Å². The summed E-state index contributed by atoms with van der Waals surface area (Å²) in [6.45, 7) is 5.52. The minimum absolute atomic E-state index is 0.401. The van der Waals surface area contributed by atoms with Crippen LogP contribution in [0.5, 0.6) is 11.5 Å². The van der Waals surface area contributed by atoms with Gasteiger partial charge >= 0.3 is 6.09 Å². The molecule has 0 fully saturated rings. The van der Waals surface area contributed by atoms with Crippen LogP contribution in [0.1, 0.15) is 20.8 Å². The van der Waals surface area contributed by atoms with Gasteiger partial charge in [0.05, 0.1) is 19.7 Å². The summed E-state index contributed by atoms with van der Waals surface area (Å²) >= 11 is 0. The standard InChI is InChI=1S/C14H17NO3.C9H9NO/c1-14(2,3)18-13(16)15-9-8-10-6-5-7-11(17-4)12(10)15;1-11-8-4-2-3-7-5-6-10-9(7)8/h5-9H,1-4H3;2-6,10H,1H3. The van der Waals surface area contributed by atoms with Crippen molar-refractivity contribution >= 4 is 27.9 Å². The van der Waals surface area contributed by atoms with E-state index in [1.54, 1.807) is 20.4 Å². The number of ether oxygens (including phenoxy) is 3. The maximum Gasteiger partial charge on any atom is 0.419 e. The number of aromatic nitrogens is 2.